The summed E-state index contributed by atoms with van der Waals surface area (Å²) in [5.74, 6) is -0.294. The summed E-state index contributed by atoms with van der Waals surface area (Å²) in [5, 5.41) is 10.8. The van der Waals surface area contributed by atoms with Crippen LogP contribution in [0, 0.1) is 12.7 Å². The minimum absolute atomic E-state index is 0.294. The molecule has 0 saturated heterocycles. The Labute approximate surface area is 125 Å². The van der Waals surface area contributed by atoms with Crippen molar-refractivity contribution >= 4 is 27.5 Å². The maximum atomic E-state index is 13.2. The molecule has 0 aliphatic heterocycles. The van der Waals surface area contributed by atoms with Gasteiger partial charge in [0.05, 0.1) is 6.10 Å². The van der Waals surface area contributed by atoms with E-state index in [1.807, 2.05) is 6.92 Å². The average Bonchev–Trinajstić information content (AvgIpc) is 2.36. The third kappa shape index (κ3) is 3.56. The van der Waals surface area contributed by atoms with Crippen molar-refractivity contribution in [3.05, 3.63) is 68.4 Å². The first-order valence-electron chi connectivity index (χ1n) is 5.85. The van der Waals surface area contributed by atoms with Crippen molar-refractivity contribution in [2.24, 2.45) is 0 Å². The SMILES string of the molecule is Cc1ccc(F)cc1CC(O)c1cc(Cl)ccc1Br. The second-order valence-electron chi connectivity index (χ2n) is 4.46. The van der Waals surface area contributed by atoms with Crippen LogP contribution in [0.1, 0.15) is 22.8 Å². The lowest BCUT2D eigenvalue weighted by atomic mass is 9.98. The number of halogens is 3. The van der Waals surface area contributed by atoms with Crippen molar-refractivity contribution in [1.29, 1.82) is 0 Å². The maximum Gasteiger partial charge on any atom is 0.123 e. The predicted octanol–water partition coefficient (Wildman–Crippen LogP) is 4.83. The average molecular weight is 344 g/mol. The van der Waals surface area contributed by atoms with Crippen LogP contribution in [0.15, 0.2) is 40.9 Å². The first kappa shape index (κ1) is 14.5. The molecule has 0 aliphatic carbocycles. The minimum Gasteiger partial charge on any atom is -0.388 e. The summed E-state index contributed by atoms with van der Waals surface area (Å²) in [6.45, 7) is 1.90. The zero-order valence-corrected chi connectivity index (χ0v) is 12.7. The monoisotopic (exact) mass is 342 g/mol. The number of hydrogen-bond acceptors (Lipinski definition) is 1. The van der Waals surface area contributed by atoms with Gasteiger partial charge in [0.15, 0.2) is 0 Å². The number of rotatable bonds is 3. The van der Waals surface area contributed by atoms with E-state index < -0.39 is 6.10 Å². The second-order valence-corrected chi connectivity index (χ2v) is 5.75. The predicted molar refractivity (Wildman–Crippen MR) is 79.0 cm³/mol. The minimum atomic E-state index is -0.728. The standard InChI is InChI=1S/C15H13BrClFO/c1-9-2-4-12(18)6-10(9)7-15(19)13-8-11(17)3-5-14(13)16/h2-6,8,15,19H,7H2,1H3. The molecule has 0 fully saturated rings. The Hall–Kier alpha value is -0.900. The van der Waals surface area contributed by atoms with Gasteiger partial charge in [-0.05, 0) is 53.9 Å². The third-order valence-electron chi connectivity index (χ3n) is 3.04. The number of hydrogen-bond donors (Lipinski definition) is 1. The molecule has 1 nitrogen and oxygen atoms in total. The van der Waals surface area contributed by atoms with Gasteiger partial charge in [-0.2, -0.15) is 0 Å². The summed E-state index contributed by atoms with van der Waals surface area (Å²) in [6, 6.07) is 9.83. The maximum absolute atomic E-state index is 13.2. The Morgan fingerprint density at radius 3 is 2.74 bits per heavy atom. The van der Waals surface area contributed by atoms with Crippen LogP contribution >= 0.6 is 27.5 Å². The molecule has 1 unspecified atom stereocenters. The van der Waals surface area contributed by atoms with E-state index in [0.717, 1.165) is 15.6 Å². The molecule has 0 heterocycles. The van der Waals surface area contributed by atoms with Gasteiger partial charge in [0.2, 0.25) is 0 Å². The highest BCUT2D eigenvalue weighted by atomic mass is 79.9. The van der Waals surface area contributed by atoms with Gasteiger partial charge in [-0.15, -0.1) is 0 Å². The van der Waals surface area contributed by atoms with E-state index in [0.29, 0.717) is 17.0 Å². The molecule has 0 radical (unpaired) electrons. The molecule has 0 aliphatic rings. The summed E-state index contributed by atoms with van der Waals surface area (Å²) in [4.78, 5) is 0. The Balaban J connectivity index is 2.27. The lowest BCUT2D eigenvalue weighted by Crippen LogP contribution is -2.04. The topological polar surface area (TPSA) is 20.2 Å². The van der Waals surface area contributed by atoms with Crippen molar-refractivity contribution in [2.45, 2.75) is 19.4 Å². The van der Waals surface area contributed by atoms with Crippen molar-refractivity contribution in [1.82, 2.24) is 0 Å². The first-order valence-corrected chi connectivity index (χ1v) is 7.02. The fourth-order valence-electron chi connectivity index (χ4n) is 1.95. The van der Waals surface area contributed by atoms with Gasteiger partial charge in [-0.25, -0.2) is 4.39 Å². The van der Waals surface area contributed by atoms with Crippen molar-refractivity contribution < 1.29 is 9.50 Å². The van der Waals surface area contributed by atoms with Crippen LogP contribution in [0.5, 0.6) is 0 Å². The molecule has 1 atom stereocenters. The fraction of sp³-hybridized carbons (Fsp3) is 0.200. The quantitative estimate of drug-likeness (QED) is 0.846. The lowest BCUT2D eigenvalue weighted by molar-refractivity contribution is 0.177. The van der Waals surface area contributed by atoms with E-state index in [1.54, 1.807) is 24.3 Å². The van der Waals surface area contributed by atoms with E-state index in [2.05, 4.69) is 15.9 Å². The van der Waals surface area contributed by atoms with Crippen LogP contribution in [0.2, 0.25) is 5.02 Å². The molecule has 0 amide bonds. The van der Waals surface area contributed by atoms with E-state index >= 15 is 0 Å². The Morgan fingerprint density at radius 2 is 2.00 bits per heavy atom. The van der Waals surface area contributed by atoms with Gasteiger partial charge in [-0.1, -0.05) is 33.6 Å². The molecule has 100 valence electrons. The van der Waals surface area contributed by atoms with Crippen LogP contribution in [-0.2, 0) is 6.42 Å². The summed E-state index contributed by atoms with van der Waals surface area (Å²) in [6.07, 6.45) is -0.378. The summed E-state index contributed by atoms with van der Waals surface area (Å²) in [7, 11) is 0. The normalized spacial score (nSPS) is 12.5. The van der Waals surface area contributed by atoms with Crippen LogP contribution in [-0.4, -0.2) is 5.11 Å². The van der Waals surface area contributed by atoms with Gasteiger partial charge >= 0.3 is 0 Å². The summed E-state index contributed by atoms with van der Waals surface area (Å²) >= 11 is 9.31. The van der Waals surface area contributed by atoms with E-state index in [9.17, 15) is 9.50 Å². The van der Waals surface area contributed by atoms with Crippen molar-refractivity contribution in [3.63, 3.8) is 0 Å². The number of aryl methyl sites for hydroxylation is 1. The number of aliphatic hydroxyl groups excluding tert-OH is 1. The molecule has 2 aromatic rings. The molecule has 0 bridgehead atoms. The van der Waals surface area contributed by atoms with E-state index in [4.69, 9.17) is 11.6 Å². The van der Waals surface area contributed by atoms with Gasteiger partial charge in [0, 0.05) is 15.9 Å². The molecule has 2 rings (SSSR count). The Bertz CT molecular complexity index is 601. The van der Waals surface area contributed by atoms with Crippen LogP contribution in [0.4, 0.5) is 4.39 Å². The molecule has 19 heavy (non-hydrogen) atoms. The molecule has 0 spiro atoms. The highest BCUT2D eigenvalue weighted by Crippen LogP contribution is 2.29. The molecule has 0 saturated carbocycles. The Morgan fingerprint density at radius 1 is 1.26 bits per heavy atom. The molecular formula is C15H13BrClFO. The smallest absolute Gasteiger partial charge is 0.123 e. The summed E-state index contributed by atoms with van der Waals surface area (Å²) in [5.41, 5.74) is 2.45. The van der Waals surface area contributed by atoms with Crippen LogP contribution in [0.25, 0.3) is 0 Å². The third-order valence-corrected chi connectivity index (χ3v) is 4.00. The highest BCUT2D eigenvalue weighted by Gasteiger charge is 2.14. The highest BCUT2D eigenvalue weighted by molar-refractivity contribution is 9.10. The molecule has 0 aromatic heterocycles. The zero-order chi connectivity index (χ0) is 14.0. The molecular weight excluding hydrogens is 331 g/mol. The lowest BCUT2D eigenvalue weighted by Gasteiger charge is -2.15. The van der Waals surface area contributed by atoms with Gasteiger partial charge in [0.25, 0.3) is 0 Å². The summed E-state index contributed by atoms with van der Waals surface area (Å²) < 4.78 is 14.0. The molecule has 2 aromatic carbocycles. The second kappa shape index (κ2) is 6.04. The van der Waals surface area contributed by atoms with Gasteiger partial charge in [0.1, 0.15) is 5.82 Å². The number of aliphatic hydroxyl groups is 1. The van der Waals surface area contributed by atoms with Crippen molar-refractivity contribution in [2.75, 3.05) is 0 Å². The molecule has 4 heteroatoms. The van der Waals surface area contributed by atoms with Crippen LogP contribution < -0.4 is 0 Å². The first-order chi connectivity index (χ1) is 8.97. The van der Waals surface area contributed by atoms with Gasteiger partial charge in [-0.3, -0.25) is 0 Å². The fourth-order valence-corrected chi connectivity index (χ4v) is 2.64. The van der Waals surface area contributed by atoms with Crippen LogP contribution in [0.3, 0.4) is 0 Å². The number of benzene rings is 2. The zero-order valence-electron chi connectivity index (χ0n) is 10.3. The van der Waals surface area contributed by atoms with Crippen molar-refractivity contribution in [3.8, 4) is 0 Å². The van der Waals surface area contributed by atoms with Gasteiger partial charge < -0.3 is 5.11 Å². The largest absolute Gasteiger partial charge is 0.388 e. The molecule has 1 N–H and O–H groups in total. The Kier molecular flexibility index (Phi) is 4.61. The van der Waals surface area contributed by atoms with E-state index in [-0.39, 0.29) is 5.82 Å². The van der Waals surface area contributed by atoms with E-state index in [1.165, 1.54) is 12.1 Å².